The molecule has 6 heavy (non-hydrogen) atoms. The minimum absolute atomic E-state index is 0. The average molecular weight is 137 g/mol. The van der Waals surface area contributed by atoms with Crippen LogP contribution in [-0.4, -0.2) is 15.8 Å². The fourth-order valence-electron chi connectivity index (χ4n) is 0. The Bertz CT molecular complexity index is 30.5. The maximum absolute atomic E-state index is 8.36. The van der Waals surface area contributed by atoms with Crippen molar-refractivity contribution >= 4 is 0 Å². The SMILES string of the molecule is O.O=[N+]([O-])O.[Fe]. The van der Waals surface area contributed by atoms with E-state index in [1.165, 1.54) is 0 Å². The van der Waals surface area contributed by atoms with E-state index in [9.17, 15) is 0 Å². The smallest absolute Gasteiger partial charge is 0.291 e. The zero-order valence-corrected chi connectivity index (χ0v) is 3.67. The largest absolute Gasteiger partial charge is 0.412 e. The molecule has 0 aromatic rings. The van der Waals surface area contributed by atoms with Gasteiger partial charge in [-0.3, -0.25) is 0 Å². The van der Waals surface area contributed by atoms with E-state index in [4.69, 9.17) is 15.3 Å². The van der Waals surface area contributed by atoms with Gasteiger partial charge in [0.05, 0.1) is 0 Å². The van der Waals surface area contributed by atoms with Gasteiger partial charge in [0, 0.05) is 17.1 Å². The summed E-state index contributed by atoms with van der Waals surface area (Å²) in [5, 5.41) is 13.6. The molecule has 0 radical (unpaired) electrons. The molecule has 0 spiro atoms. The molecule has 6 heteroatoms. The van der Waals surface area contributed by atoms with Gasteiger partial charge in [-0.05, 0) is 0 Å². The maximum atomic E-state index is 8.36. The van der Waals surface area contributed by atoms with E-state index in [2.05, 4.69) is 0 Å². The van der Waals surface area contributed by atoms with E-state index < -0.39 is 5.09 Å². The molecule has 0 rings (SSSR count). The van der Waals surface area contributed by atoms with Gasteiger partial charge in [-0.2, -0.15) is 0 Å². The predicted molar refractivity (Wildman–Crippen MR) is 12.4 cm³/mol. The Morgan fingerprint density at radius 2 is 1.67 bits per heavy atom. The molecule has 0 unspecified atom stereocenters. The second-order valence-electron chi connectivity index (χ2n) is 0.238. The Morgan fingerprint density at radius 1 is 1.67 bits per heavy atom. The van der Waals surface area contributed by atoms with Crippen LogP contribution < -0.4 is 0 Å². The molecule has 3 N–H and O–H groups in total. The van der Waals surface area contributed by atoms with Gasteiger partial charge in [0.2, 0.25) is 0 Å². The summed E-state index contributed by atoms with van der Waals surface area (Å²) in [4.78, 5) is 8.36. The van der Waals surface area contributed by atoms with E-state index >= 15 is 0 Å². The van der Waals surface area contributed by atoms with Gasteiger partial charge in [-0.25, -0.2) is 0 Å². The van der Waals surface area contributed by atoms with Crippen LogP contribution in [0.2, 0.25) is 0 Å². The van der Waals surface area contributed by atoms with Crippen LogP contribution in [0.1, 0.15) is 0 Å². The van der Waals surface area contributed by atoms with Crippen molar-refractivity contribution in [2.24, 2.45) is 0 Å². The van der Waals surface area contributed by atoms with Crippen LogP contribution >= 0.6 is 0 Å². The summed E-state index contributed by atoms with van der Waals surface area (Å²) in [6.45, 7) is 0. The number of nitrogens with zero attached hydrogens (tertiary/aromatic N) is 1. The minimum atomic E-state index is -1.50. The topological polar surface area (TPSA) is 94.9 Å². The van der Waals surface area contributed by atoms with Gasteiger partial charge >= 0.3 is 0 Å². The van der Waals surface area contributed by atoms with E-state index in [0.717, 1.165) is 0 Å². The third kappa shape index (κ3) is 257. The molecule has 40 valence electrons. The Morgan fingerprint density at radius 3 is 1.67 bits per heavy atom. The summed E-state index contributed by atoms with van der Waals surface area (Å²) >= 11 is 0. The van der Waals surface area contributed by atoms with Gasteiger partial charge in [-0.1, -0.05) is 0 Å². The summed E-state index contributed by atoms with van der Waals surface area (Å²) in [5.74, 6) is 0. The van der Waals surface area contributed by atoms with Crippen molar-refractivity contribution in [1.29, 1.82) is 0 Å². The average Bonchev–Trinajstić information content (AvgIpc) is 0.811. The molecule has 0 aromatic heterocycles. The minimum Gasteiger partial charge on any atom is -0.412 e. The van der Waals surface area contributed by atoms with Crippen molar-refractivity contribution in [2.75, 3.05) is 0 Å². The molecular weight excluding hydrogens is 134 g/mol. The summed E-state index contributed by atoms with van der Waals surface area (Å²) < 4.78 is 0. The molecule has 0 aliphatic heterocycles. The Labute approximate surface area is 43.9 Å². The van der Waals surface area contributed by atoms with Crippen molar-refractivity contribution in [3.05, 3.63) is 10.1 Å². The van der Waals surface area contributed by atoms with Crippen molar-refractivity contribution in [2.45, 2.75) is 0 Å². The first-order valence-electron chi connectivity index (χ1n) is 0.565. The third-order valence-corrected chi connectivity index (χ3v) is 0. The first-order chi connectivity index (χ1) is 1.73. The van der Waals surface area contributed by atoms with Crippen LogP contribution in [0.3, 0.4) is 0 Å². The summed E-state index contributed by atoms with van der Waals surface area (Å²) in [6, 6.07) is 0. The second-order valence-corrected chi connectivity index (χ2v) is 0.238. The Balaban J connectivity index is -0.0000000450. The third-order valence-electron chi connectivity index (χ3n) is 0. The summed E-state index contributed by atoms with van der Waals surface area (Å²) in [5.41, 5.74) is 0. The zero-order chi connectivity index (χ0) is 3.58. The van der Waals surface area contributed by atoms with Gasteiger partial charge in [0.15, 0.2) is 0 Å². The van der Waals surface area contributed by atoms with Crippen LogP contribution in [0.5, 0.6) is 0 Å². The first-order valence-corrected chi connectivity index (χ1v) is 0.565. The van der Waals surface area contributed by atoms with Crippen molar-refractivity contribution in [3.63, 3.8) is 0 Å². The van der Waals surface area contributed by atoms with Gasteiger partial charge < -0.3 is 10.7 Å². The van der Waals surface area contributed by atoms with Crippen LogP contribution in [0.25, 0.3) is 0 Å². The van der Waals surface area contributed by atoms with E-state index in [-0.39, 0.29) is 22.5 Å². The number of hydrogen-bond donors (Lipinski definition) is 1. The second kappa shape index (κ2) is 8.82. The van der Waals surface area contributed by atoms with Gasteiger partial charge in [-0.15, -0.1) is 10.1 Å². The van der Waals surface area contributed by atoms with Gasteiger partial charge in [0.1, 0.15) is 0 Å². The fourth-order valence-corrected chi connectivity index (χ4v) is 0. The molecule has 0 aromatic carbocycles. The summed E-state index contributed by atoms with van der Waals surface area (Å²) in [6.07, 6.45) is 0. The molecule has 0 atom stereocenters. The Hall–Kier alpha value is -0.321. The molecule has 0 saturated heterocycles. The monoisotopic (exact) mass is 137 g/mol. The van der Waals surface area contributed by atoms with Crippen LogP contribution in [0, 0.1) is 10.1 Å². The molecular formula is H3FeNO4. The van der Waals surface area contributed by atoms with Gasteiger partial charge in [0.25, 0.3) is 5.09 Å². The standard InChI is InChI=1S/Fe.HNO3.H2O/c;2-1(3)4;/h;(H,2,3,4);1H2. The number of rotatable bonds is 0. The summed E-state index contributed by atoms with van der Waals surface area (Å²) in [7, 11) is 0. The predicted octanol–water partition coefficient (Wildman–Crippen LogP) is -1.17. The van der Waals surface area contributed by atoms with E-state index in [1.807, 2.05) is 0 Å². The fraction of sp³-hybridized carbons (Fsp3) is 0. The molecule has 0 fully saturated rings. The van der Waals surface area contributed by atoms with Crippen LogP contribution in [-0.2, 0) is 17.1 Å². The van der Waals surface area contributed by atoms with E-state index in [1.54, 1.807) is 0 Å². The first kappa shape index (κ1) is 17.3. The normalized spacial score (nSPS) is 4.00. The zero-order valence-electron chi connectivity index (χ0n) is 2.56. The molecule has 5 nitrogen and oxygen atoms in total. The maximum Gasteiger partial charge on any atom is 0.291 e. The van der Waals surface area contributed by atoms with Crippen LogP contribution in [0.15, 0.2) is 0 Å². The molecule has 0 aliphatic carbocycles. The quantitative estimate of drug-likeness (QED) is 0.258. The van der Waals surface area contributed by atoms with E-state index in [0.29, 0.717) is 0 Å². The van der Waals surface area contributed by atoms with Crippen LogP contribution in [0.4, 0.5) is 0 Å². The molecule has 0 aliphatic rings. The molecule has 0 heterocycles. The number of hydrogen-bond acceptors (Lipinski definition) is 2. The Kier molecular flexibility index (Phi) is 25.5. The molecule has 0 saturated carbocycles. The van der Waals surface area contributed by atoms with Crippen molar-refractivity contribution < 1.29 is 32.8 Å². The molecule has 0 bridgehead atoms. The van der Waals surface area contributed by atoms with Crippen molar-refractivity contribution in [3.8, 4) is 0 Å². The molecule has 0 amide bonds. The van der Waals surface area contributed by atoms with Crippen molar-refractivity contribution in [1.82, 2.24) is 0 Å².